The summed E-state index contributed by atoms with van der Waals surface area (Å²) < 4.78 is 0. The van der Waals surface area contributed by atoms with Gasteiger partial charge in [0.25, 0.3) is 0 Å². The first-order valence-electron chi connectivity index (χ1n) is 6.29. The summed E-state index contributed by atoms with van der Waals surface area (Å²) in [6.07, 6.45) is 5.28. The summed E-state index contributed by atoms with van der Waals surface area (Å²) in [5.41, 5.74) is 0. The molecule has 0 spiro atoms. The number of fused-ring (bicyclic) bond motifs is 1. The van der Waals surface area contributed by atoms with Crippen LogP contribution in [-0.2, 0) is 0 Å². The van der Waals surface area contributed by atoms with E-state index in [4.69, 9.17) is 0 Å². The molecule has 0 amide bonds. The van der Waals surface area contributed by atoms with Crippen LogP contribution in [0.2, 0.25) is 0 Å². The molecule has 0 radical (unpaired) electrons. The van der Waals surface area contributed by atoms with E-state index in [-0.39, 0.29) is 6.10 Å². The van der Waals surface area contributed by atoms with Gasteiger partial charge in [0.05, 0.1) is 6.10 Å². The lowest BCUT2D eigenvalue weighted by molar-refractivity contribution is 0.117. The van der Waals surface area contributed by atoms with Gasteiger partial charge in [-0.25, -0.2) is 0 Å². The van der Waals surface area contributed by atoms with Gasteiger partial charge in [-0.05, 0) is 39.8 Å². The monoisotopic (exact) mass is 212 g/mol. The highest BCUT2D eigenvalue weighted by Gasteiger charge is 2.35. The molecule has 0 aromatic rings. The minimum atomic E-state index is -0.201. The van der Waals surface area contributed by atoms with Crippen LogP contribution >= 0.6 is 0 Å². The zero-order valence-corrected chi connectivity index (χ0v) is 10.0. The van der Waals surface area contributed by atoms with Crippen LogP contribution in [0.5, 0.6) is 0 Å². The standard InChI is InChI=1S/C12H24N2O/c1-10(15)8-13(2)12-7-11-5-3-4-6-14(11)9-12/h10-12,15H,3-9H2,1-2H3. The highest BCUT2D eigenvalue weighted by atomic mass is 16.3. The first-order chi connectivity index (χ1) is 7.16. The summed E-state index contributed by atoms with van der Waals surface area (Å²) in [5.74, 6) is 0. The molecule has 3 heteroatoms. The van der Waals surface area contributed by atoms with Crippen LogP contribution in [0, 0.1) is 0 Å². The lowest BCUT2D eigenvalue weighted by atomic mass is 10.0. The van der Waals surface area contributed by atoms with E-state index in [1.807, 2.05) is 6.92 Å². The Hall–Kier alpha value is -0.120. The maximum atomic E-state index is 9.39. The van der Waals surface area contributed by atoms with E-state index in [0.717, 1.165) is 12.6 Å². The van der Waals surface area contributed by atoms with Crippen molar-refractivity contribution >= 4 is 0 Å². The molecule has 2 aliphatic heterocycles. The Kier molecular flexibility index (Phi) is 3.65. The number of piperidine rings is 1. The van der Waals surface area contributed by atoms with Crippen molar-refractivity contribution in [1.29, 1.82) is 0 Å². The third-order valence-corrected chi connectivity index (χ3v) is 3.91. The number of likely N-dealkylation sites (N-methyl/N-ethyl adjacent to an activating group) is 1. The number of aliphatic hydroxyl groups is 1. The van der Waals surface area contributed by atoms with Crippen LogP contribution in [0.4, 0.5) is 0 Å². The number of hydrogen-bond acceptors (Lipinski definition) is 3. The summed E-state index contributed by atoms with van der Waals surface area (Å²) in [7, 11) is 2.15. The molecule has 2 saturated heterocycles. The molecule has 3 nitrogen and oxygen atoms in total. The summed E-state index contributed by atoms with van der Waals surface area (Å²) >= 11 is 0. The van der Waals surface area contributed by atoms with Crippen LogP contribution in [0.25, 0.3) is 0 Å². The molecule has 3 unspecified atom stereocenters. The van der Waals surface area contributed by atoms with Gasteiger partial charge in [-0.3, -0.25) is 9.80 Å². The smallest absolute Gasteiger partial charge is 0.0639 e. The highest BCUT2D eigenvalue weighted by Crippen LogP contribution is 2.28. The minimum absolute atomic E-state index is 0.201. The van der Waals surface area contributed by atoms with Gasteiger partial charge in [-0.1, -0.05) is 6.42 Å². The largest absolute Gasteiger partial charge is 0.392 e. The van der Waals surface area contributed by atoms with Crippen LogP contribution in [-0.4, -0.2) is 59.8 Å². The van der Waals surface area contributed by atoms with Gasteiger partial charge in [0.2, 0.25) is 0 Å². The SMILES string of the molecule is CC(O)CN(C)C1CC2CCCCN2C1. The Balaban J connectivity index is 1.85. The zero-order valence-electron chi connectivity index (χ0n) is 10.0. The van der Waals surface area contributed by atoms with E-state index in [2.05, 4.69) is 16.8 Å². The van der Waals surface area contributed by atoms with Gasteiger partial charge in [-0.15, -0.1) is 0 Å². The first kappa shape index (κ1) is 11.4. The fourth-order valence-electron chi connectivity index (χ4n) is 3.11. The van der Waals surface area contributed by atoms with Crippen LogP contribution in [0.3, 0.4) is 0 Å². The van der Waals surface area contributed by atoms with E-state index in [1.165, 1.54) is 38.8 Å². The van der Waals surface area contributed by atoms with E-state index in [9.17, 15) is 5.11 Å². The van der Waals surface area contributed by atoms with Gasteiger partial charge in [-0.2, -0.15) is 0 Å². The van der Waals surface area contributed by atoms with Crippen LogP contribution in [0.1, 0.15) is 32.6 Å². The molecule has 2 rings (SSSR count). The molecule has 88 valence electrons. The predicted molar refractivity (Wildman–Crippen MR) is 61.9 cm³/mol. The van der Waals surface area contributed by atoms with Gasteiger partial charge < -0.3 is 5.11 Å². The summed E-state index contributed by atoms with van der Waals surface area (Å²) in [6.45, 7) is 5.20. The molecule has 0 aliphatic carbocycles. The van der Waals surface area contributed by atoms with Gasteiger partial charge >= 0.3 is 0 Å². The van der Waals surface area contributed by atoms with E-state index in [1.54, 1.807) is 0 Å². The van der Waals surface area contributed by atoms with Crippen molar-refractivity contribution in [3.63, 3.8) is 0 Å². The van der Waals surface area contributed by atoms with Crippen molar-refractivity contribution < 1.29 is 5.11 Å². The van der Waals surface area contributed by atoms with Gasteiger partial charge in [0.1, 0.15) is 0 Å². The van der Waals surface area contributed by atoms with Crippen LogP contribution < -0.4 is 0 Å². The summed E-state index contributed by atoms with van der Waals surface area (Å²) in [6, 6.07) is 1.50. The quantitative estimate of drug-likeness (QED) is 0.754. The molecular weight excluding hydrogens is 188 g/mol. The normalized spacial score (nSPS) is 34.4. The zero-order chi connectivity index (χ0) is 10.8. The first-order valence-corrected chi connectivity index (χ1v) is 6.29. The molecule has 0 aromatic carbocycles. The molecule has 3 atom stereocenters. The van der Waals surface area contributed by atoms with Crippen molar-refractivity contribution in [1.82, 2.24) is 9.80 Å². The van der Waals surface area contributed by atoms with Gasteiger partial charge in [0.15, 0.2) is 0 Å². The van der Waals surface area contributed by atoms with Crippen LogP contribution in [0.15, 0.2) is 0 Å². The second-order valence-corrected chi connectivity index (χ2v) is 5.32. The fourth-order valence-corrected chi connectivity index (χ4v) is 3.11. The third kappa shape index (κ3) is 2.71. The Morgan fingerprint density at radius 3 is 2.93 bits per heavy atom. The molecule has 1 N–H and O–H groups in total. The van der Waals surface area contributed by atoms with Crippen molar-refractivity contribution in [3.05, 3.63) is 0 Å². The Morgan fingerprint density at radius 2 is 2.27 bits per heavy atom. The van der Waals surface area contributed by atoms with Crippen molar-refractivity contribution in [2.45, 2.75) is 50.8 Å². The van der Waals surface area contributed by atoms with Crippen molar-refractivity contribution in [2.75, 3.05) is 26.7 Å². The lowest BCUT2D eigenvalue weighted by Gasteiger charge is -2.28. The number of rotatable bonds is 3. The maximum absolute atomic E-state index is 9.39. The molecule has 0 bridgehead atoms. The predicted octanol–water partition coefficient (Wildman–Crippen LogP) is 0.926. The Bertz CT molecular complexity index is 194. The maximum Gasteiger partial charge on any atom is 0.0639 e. The molecule has 2 fully saturated rings. The average molecular weight is 212 g/mol. The van der Waals surface area contributed by atoms with E-state index in [0.29, 0.717) is 6.04 Å². The molecule has 0 saturated carbocycles. The lowest BCUT2D eigenvalue weighted by Crippen LogP contribution is -2.39. The summed E-state index contributed by atoms with van der Waals surface area (Å²) in [5, 5.41) is 9.39. The Morgan fingerprint density at radius 1 is 1.47 bits per heavy atom. The second-order valence-electron chi connectivity index (χ2n) is 5.32. The van der Waals surface area contributed by atoms with E-state index < -0.39 is 0 Å². The van der Waals surface area contributed by atoms with Crippen molar-refractivity contribution in [3.8, 4) is 0 Å². The summed E-state index contributed by atoms with van der Waals surface area (Å²) in [4.78, 5) is 4.98. The number of nitrogens with zero attached hydrogens (tertiary/aromatic N) is 2. The third-order valence-electron chi connectivity index (χ3n) is 3.91. The average Bonchev–Trinajstić information content (AvgIpc) is 2.59. The molecular formula is C12H24N2O. The van der Waals surface area contributed by atoms with Crippen molar-refractivity contribution in [2.24, 2.45) is 0 Å². The number of hydrogen-bond donors (Lipinski definition) is 1. The molecule has 2 heterocycles. The highest BCUT2D eigenvalue weighted by molar-refractivity contribution is 4.92. The van der Waals surface area contributed by atoms with Gasteiger partial charge in [0, 0.05) is 25.2 Å². The Labute approximate surface area is 93.1 Å². The molecule has 0 aromatic heterocycles. The molecule has 2 aliphatic rings. The van der Waals surface area contributed by atoms with E-state index >= 15 is 0 Å². The second kappa shape index (κ2) is 4.81. The minimum Gasteiger partial charge on any atom is -0.392 e. The number of aliphatic hydroxyl groups excluding tert-OH is 1. The fraction of sp³-hybridized carbons (Fsp3) is 1.00. The molecule has 15 heavy (non-hydrogen) atoms. The topological polar surface area (TPSA) is 26.7 Å².